The Balaban J connectivity index is 1.66. The van der Waals surface area contributed by atoms with Crippen LogP contribution in [0.25, 0.3) is 0 Å². The number of carbonyl (C=O) groups is 2. The summed E-state index contributed by atoms with van der Waals surface area (Å²) >= 11 is 6.24. The fraction of sp³-hybridized carbons (Fsp3) is 0.393. The first kappa shape index (κ1) is 27.4. The van der Waals surface area contributed by atoms with Crippen LogP contribution in [0.3, 0.4) is 0 Å². The fourth-order valence-electron chi connectivity index (χ4n) is 3.85. The highest BCUT2D eigenvalue weighted by molar-refractivity contribution is 6.30. The summed E-state index contributed by atoms with van der Waals surface area (Å²) in [4.78, 5) is 30.0. The van der Waals surface area contributed by atoms with E-state index >= 15 is 0 Å². The summed E-state index contributed by atoms with van der Waals surface area (Å²) in [6.07, 6.45) is 2.77. The molecule has 0 bridgehead atoms. The Morgan fingerprint density at radius 2 is 1.78 bits per heavy atom. The lowest BCUT2D eigenvalue weighted by molar-refractivity contribution is -0.148. The lowest BCUT2D eigenvalue weighted by Crippen LogP contribution is -2.45. The van der Waals surface area contributed by atoms with Gasteiger partial charge in [-0.1, -0.05) is 81.3 Å². The molecule has 8 heteroatoms. The maximum absolute atomic E-state index is 12.9. The van der Waals surface area contributed by atoms with E-state index in [4.69, 9.17) is 16.3 Å². The van der Waals surface area contributed by atoms with Crippen molar-refractivity contribution in [2.24, 2.45) is 5.92 Å². The van der Waals surface area contributed by atoms with Gasteiger partial charge in [0, 0.05) is 18.5 Å². The van der Waals surface area contributed by atoms with Crippen LogP contribution in [-0.2, 0) is 35.7 Å². The van der Waals surface area contributed by atoms with Gasteiger partial charge >= 0.3 is 5.97 Å². The second-order valence-corrected chi connectivity index (χ2v) is 9.46. The molecule has 0 radical (unpaired) electrons. The number of hydrogen-bond donors (Lipinski definition) is 2. The molecule has 36 heavy (non-hydrogen) atoms. The largest absolute Gasteiger partial charge is 0.459 e. The minimum absolute atomic E-state index is 0.138. The quantitative estimate of drug-likeness (QED) is 0.337. The van der Waals surface area contributed by atoms with Gasteiger partial charge in [-0.15, -0.1) is 0 Å². The summed E-state index contributed by atoms with van der Waals surface area (Å²) in [5, 5.41) is 12.9. The number of aryl methyl sites for hydroxylation is 1. The molecule has 2 N–H and O–H groups in total. The molecule has 0 fully saturated rings. The standard InChI is InChI=1S/C28H34ClN3O4/c1-4-5-11-24-30-26(29)23(17-33)32(24)16-20-12-14-22(15-13-20)27(34)31-25(19(2)3)28(35)36-18-21-9-7-6-8-10-21/h6-10,12-15,19,25,33H,4-5,11,16-18H2,1-3H3,(H,31,34)/t25-/m1/s1. The van der Waals surface area contributed by atoms with Crippen molar-refractivity contribution < 1.29 is 19.4 Å². The number of amides is 1. The van der Waals surface area contributed by atoms with Crippen molar-refractivity contribution in [2.45, 2.75) is 65.8 Å². The highest BCUT2D eigenvalue weighted by Gasteiger charge is 2.26. The van der Waals surface area contributed by atoms with E-state index in [2.05, 4.69) is 17.2 Å². The first-order valence-electron chi connectivity index (χ1n) is 12.3. The number of nitrogens with one attached hydrogen (secondary N) is 1. The third kappa shape index (κ3) is 7.18. The third-order valence-electron chi connectivity index (χ3n) is 5.99. The molecule has 192 valence electrons. The first-order chi connectivity index (χ1) is 17.3. The fourth-order valence-corrected chi connectivity index (χ4v) is 4.11. The van der Waals surface area contributed by atoms with E-state index in [-0.39, 0.29) is 25.0 Å². The van der Waals surface area contributed by atoms with Gasteiger partial charge in [-0.2, -0.15) is 0 Å². The lowest BCUT2D eigenvalue weighted by atomic mass is 10.0. The van der Waals surface area contributed by atoms with Gasteiger partial charge < -0.3 is 19.7 Å². The molecule has 1 heterocycles. The van der Waals surface area contributed by atoms with Gasteiger partial charge in [-0.05, 0) is 35.6 Å². The Morgan fingerprint density at radius 3 is 2.39 bits per heavy atom. The number of carbonyl (C=O) groups excluding carboxylic acids is 2. The van der Waals surface area contributed by atoms with E-state index in [1.54, 1.807) is 12.1 Å². The molecular weight excluding hydrogens is 478 g/mol. The summed E-state index contributed by atoms with van der Waals surface area (Å²) in [7, 11) is 0. The Kier molecular flexibility index (Phi) is 10.1. The Morgan fingerprint density at radius 1 is 1.08 bits per heavy atom. The van der Waals surface area contributed by atoms with Crippen molar-refractivity contribution in [1.29, 1.82) is 0 Å². The highest BCUT2D eigenvalue weighted by atomic mass is 35.5. The number of aromatic nitrogens is 2. The van der Waals surface area contributed by atoms with E-state index in [9.17, 15) is 14.7 Å². The SMILES string of the molecule is CCCCc1nc(Cl)c(CO)n1Cc1ccc(C(=O)N[C@@H](C(=O)OCc2ccccc2)C(C)C)cc1. The molecule has 2 aromatic carbocycles. The molecular formula is C28H34ClN3O4. The minimum atomic E-state index is -0.762. The van der Waals surface area contributed by atoms with Crippen LogP contribution in [0.2, 0.25) is 5.15 Å². The molecule has 0 aliphatic rings. The molecule has 0 aliphatic carbocycles. The van der Waals surface area contributed by atoms with Crippen LogP contribution >= 0.6 is 11.6 Å². The topological polar surface area (TPSA) is 93.5 Å². The number of halogens is 1. The number of unbranched alkanes of at least 4 members (excludes halogenated alkanes) is 1. The van der Waals surface area contributed by atoms with Crippen molar-refractivity contribution in [3.8, 4) is 0 Å². The van der Waals surface area contributed by atoms with E-state index in [0.29, 0.717) is 23.0 Å². The number of aliphatic hydroxyl groups is 1. The Bertz CT molecular complexity index is 1140. The number of nitrogens with zero attached hydrogens (tertiary/aromatic N) is 2. The second-order valence-electron chi connectivity index (χ2n) is 9.10. The van der Waals surface area contributed by atoms with Crippen LogP contribution in [-0.4, -0.2) is 32.6 Å². The molecule has 7 nitrogen and oxygen atoms in total. The van der Waals surface area contributed by atoms with Gasteiger partial charge in [0.15, 0.2) is 5.15 Å². The van der Waals surface area contributed by atoms with Gasteiger partial charge in [0.1, 0.15) is 18.5 Å². The average molecular weight is 512 g/mol. The van der Waals surface area contributed by atoms with Gasteiger partial charge in [-0.25, -0.2) is 9.78 Å². The molecule has 0 saturated heterocycles. The molecule has 3 aromatic rings. The molecule has 3 rings (SSSR count). The summed E-state index contributed by atoms with van der Waals surface area (Å²) in [5.41, 5.74) is 2.85. The molecule has 1 aromatic heterocycles. The van der Waals surface area contributed by atoms with Gasteiger partial charge in [0.2, 0.25) is 0 Å². The Hall–Kier alpha value is -3.16. The maximum atomic E-state index is 12.9. The zero-order valence-electron chi connectivity index (χ0n) is 21.0. The van der Waals surface area contributed by atoms with Gasteiger partial charge in [0.05, 0.1) is 12.3 Å². The number of imidazole rings is 1. The number of hydrogen-bond acceptors (Lipinski definition) is 5. The predicted octanol–water partition coefficient (Wildman–Crippen LogP) is 4.92. The lowest BCUT2D eigenvalue weighted by Gasteiger charge is -2.21. The summed E-state index contributed by atoms with van der Waals surface area (Å²) in [5.74, 6) is -0.114. The van der Waals surface area contributed by atoms with E-state index < -0.39 is 12.0 Å². The number of esters is 1. The molecule has 1 atom stereocenters. The van der Waals surface area contributed by atoms with Crippen LogP contribution in [0.4, 0.5) is 0 Å². The molecule has 0 unspecified atom stereocenters. The Labute approximate surface area is 217 Å². The van der Waals surface area contributed by atoms with Crippen molar-refractivity contribution >= 4 is 23.5 Å². The molecule has 0 spiro atoms. The number of aliphatic hydroxyl groups excluding tert-OH is 1. The maximum Gasteiger partial charge on any atom is 0.329 e. The smallest absolute Gasteiger partial charge is 0.329 e. The van der Waals surface area contributed by atoms with Crippen molar-refractivity contribution in [2.75, 3.05) is 0 Å². The van der Waals surface area contributed by atoms with Crippen LogP contribution in [0, 0.1) is 5.92 Å². The number of rotatable bonds is 12. The first-order valence-corrected chi connectivity index (χ1v) is 12.7. The van der Waals surface area contributed by atoms with E-state index in [1.807, 2.05) is 60.9 Å². The van der Waals surface area contributed by atoms with Gasteiger partial charge in [-0.3, -0.25) is 4.79 Å². The van der Waals surface area contributed by atoms with Crippen LogP contribution in [0.5, 0.6) is 0 Å². The summed E-state index contributed by atoms with van der Waals surface area (Å²) in [6.45, 7) is 6.28. The summed E-state index contributed by atoms with van der Waals surface area (Å²) < 4.78 is 7.38. The zero-order valence-corrected chi connectivity index (χ0v) is 21.8. The highest BCUT2D eigenvalue weighted by Crippen LogP contribution is 2.21. The van der Waals surface area contributed by atoms with Crippen molar-refractivity contribution in [3.63, 3.8) is 0 Å². The molecule has 0 saturated carbocycles. The van der Waals surface area contributed by atoms with Crippen molar-refractivity contribution in [1.82, 2.24) is 14.9 Å². The molecule has 1 amide bonds. The number of ether oxygens (including phenoxy) is 1. The average Bonchev–Trinajstić information content (AvgIpc) is 3.18. The second kappa shape index (κ2) is 13.2. The summed E-state index contributed by atoms with van der Waals surface area (Å²) in [6, 6.07) is 15.8. The zero-order chi connectivity index (χ0) is 26.1. The monoisotopic (exact) mass is 511 g/mol. The van der Waals surface area contributed by atoms with Crippen LogP contribution in [0.1, 0.15) is 66.6 Å². The molecule has 0 aliphatic heterocycles. The minimum Gasteiger partial charge on any atom is -0.459 e. The normalized spacial score (nSPS) is 11.9. The van der Waals surface area contributed by atoms with Crippen LogP contribution in [0.15, 0.2) is 54.6 Å². The number of benzene rings is 2. The van der Waals surface area contributed by atoms with E-state index in [0.717, 1.165) is 36.2 Å². The van der Waals surface area contributed by atoms with Gasteiger partial charge in [0.25, 0.3) is 5.91 Å². The van der Waals surface area contributed by atoms with E-state index in [1.165, 1.54) is 0 Å². The van der Waals surface area contributed by atoms with Crippen LogP contribution < -0.4 is 5.32 Å². The predicted molar refractivity (Wildman–Crippen MR) is 140 cm³/mol. The van der Waals surface area contributed by atoms with Crippen molar-refractivity contribution in [3.05, 3.63) is 88.0 Å². The third-order valence-corrected chi connectivity index (χ3v) is 6.30.